The first-order valence-corrected chi connectivity index (χ1v) is 9.35. The third-order valence-electron chi connectivity index (χ3n) is 4.13. The zero-order valence-electron chi connectivity index (χ0n) is 16.2. The lowest BCUT2D eigenvalue weighted by Crippen LogP contribution is -2.10. The molecule has 2 rings (SSSR count). The summed E-state index contributed by atoms with van der Waals surface area (Å²) in [7, 11) is 0. The van der Waals surface area contributed by atoms with Crippen LogP contribution in [0.4, 0.5) is 5.69 Å². The predicted octanol–water partition coefficient (Wildman–Crippen LogP) is 5.42. The number of ether oxygens (including phenoxy) is 1. The molecule has 0 saturated heterocycles. The van der Waals surface area contributed by atoms with Gasteiger partial charge in [-0.2, -0.15) is 0 Å². The molecule has 0 bridgehead atoms. The van der Waals surface area contributed by atoms with E-state index in [4.69, 9.17) is 4.74 Å². The van der Waals surface area contributed by atoms with E-state index in [9.17, 15) is 9.59 Å². The molecule has 2 aromatic carbocycles. The van der Waals surface area contributed by atoms with Crippen LogP contribution in [0.15, 0.2) is 54.6 Å². The molecule has 2 aromatic rings. The van der Waals surface area contributed by atoms with Gasteiger partial charge in [0.25, 0.3) is 0 Å². The lowest BCUT2D eigenvalue weighted by molar-refractivity contribution is -0.111. The summed E-state index contributed by atoms with van der Waals surface area (Å²) in [5, 5.41) is 2.77. The maximum atomic E-state index is 12.1. The van der Waals surface area contributed by atoms with Crippen LogP contribution in [-0.2, 0) is 9.53 Å². The Balaban J connectivity index is 1.95. The van der Waals surface area contributed by atoms with E-state index in [1.807, 2.05) is 19.1 Å². The Kier molecular flexibility index (Phi) is 7.80. The summed E-state index contributed by atoms with van der Waals surface area (Å²) in [6.45, 7) is 6.73. The zero-order valence-corrected chi connectivity index (χ0v) is 16.2. The molecule has 1 amide bonds. The van der Waals surface area contributed by atoms with Crippen molar-refractivity contribution in [3.05, 3.63) is 71.3 Å². The highest BCUT2D eigenvalue weighted by molar-refractivity contribution is 6.02. The van der Waals surface area contributed by atoms with Gasteiger partial charge in [0.05, 0.1) is 12.2 Å². The number of amides is 1. The maximum Gasteiger partial charge on any atom is 0.338 e. The van der Waals surface area contributed by atoms with Gasteiger partial charge in [0.2, 0.25) is 5.91 Å². The van der Waals surface area contributed by atoms with Crippen LogP contribution in [0.5, 0.6) is 0 Å². The van der Waals surface area contributed by atoms with Crippen molar-refractivity contribution in [3.8, 4) is 0 Å². The van der Waals surface area contributed by atoms with Crippen LogP contribution in [0.2, 0.25) is 0 Å². The van der Waals surface area contributed by atoms with Crippen LogP contribution in [-0.4, -0.2) is 18.5 Å². The second-order valence-electron chi connectivity index (χ2n) is 6.71. The van der Waals surface area contributed by atoms with Crippen LogP contribution in [0.25, 0.3) is 6.08 Å². The molecule has 0 unspecified atom stereocenters. The number of hydrogen-bond donors (Lipinski definition) is 1. The Labute approximate surface area is 161 Å². The van der Waals surface area contributed by atoms with Crippen molar-refractivity contribution in [1.29, 1.82) is 0 Å². The molecule has 0 saturated carbocycles. The smallest absolute Gasteiger partial charge is 0.338 e. The summed E-state index contributed by atoms with van der Waals surface area (Å²) >= 11 is 0. The Hall–Kier alpha value is -2.88. The van der Waals surface area contributed by atoms with Gasteiger partial charge < -0.3 is 10.1 Å². The minimum Gasteiger partial charge on any atom is -0.462 e. The first-order valence-electron chi connectivity index (χ1n) is 9.35. The highest BCUT2D eigenvalue weighted by Gasteiger charge is 2.08. The number of unbranched alkanes of at least 4 members (excludes halogenated alkanes) is 1. The summed E-state index contributed by atoms with van der Waals surface area (Å²) in [5.41, 5.74) is 3.21. The fourth-order valence-electron chi connectivity index (χ4n) is 2.46. The Morgan fingerprint density at radius 2 is 1.85 bits per heavy atom. The first-order chi connectivity index (χ1) is 13.0. The number of benzene rings is 2. The molecular weight excluding hydrogens is 338 g/mol. The fourth-order valence-corrected chi connectivity index (χ4v) is 2.46. The van der Waals surface area contributed by atoms with Crippen LogP contribution >= 0.6 is 0 Å². The number of carbonyl (C=O) groups is 2. The number of hydrogen-bond acceptors (Lipinski definition) is 3. The fraction of sp³-hybridized carbons (Fsp3) is 0.304. The molecule has 0 aliphatic rings. The van der Waals surface area contributed by atoms with Crippen LogP contribution in [0.1, 0.15) is 61.0 Å². The molecule has 0 spiro atoms. The van der Waals surface area contributed by atoms with Crippen molar-refractivity contribution in [2.75, 3.05) is 11.9 Å². The zero-order chi connectivity index (χ0) is 19.6. The van der Waals surface area contributed by atoms with Gasteiger partial charge in [0.15, 0.2) is 0 Å². The second kappa shape index (κ2) is 10.3. The average Bonchev–Trinajstić information content (AvgIpc) is 2.67. The number of carbonyl (C=O) groups excluding carboxylic acids is 2. The number of rotatable bonds is 8. The van der Waals surface area contributed by atoms with E-state index in [2.05, 4.69) is 31.3 Å². The molecule has 1 N–H and O–H groups in total. The van der Waals surface area contributed by atoms with Crippen molar-refractivity contribution in [1.82, 2.24) is 0 Å². The minimum absolute atomic E-state index is 0.251. The lowest BCUT2D eigenvalue weighted by Gasteiger charge is -2.07. The van der Waals surface area contributed by atoms with E-state index in [1.54, 1.807) is 30.3 Å². The third-order valence-corrected chi connectivity index (χ3v) is 4.13. The average molecular weight is 365 g/mol. The van der Waals surface area contributed by atoms with Gasteiger partial charge in [-0.3, -0.25) is 4.79 Å². The van der Waals surface area contributed by atoms with Crippen molar-refractivity contribution in [2.24, 2.45) is 0 Å². The van der Waals surface area contributed by atoms with E-state index < -0.39 is 0 Å². The third kappa shape index (κ3) is 6.74. The van der Waals surface area contributed by atoms with Crippen molar-refractivity contribution >= 4 is 23.6 Å². The first kappa shape index (κ1) is 20.4. The largest absolute Gasteiger partial charge is 0.462 e. The normalized spacial score (nSPS) is 11.0. The SMILES string of the molecule is CCCCOC(=O)c1cccc(NC(=O)/C=C/c2ccc(C(C)C)cc2)c1. The summed E-state index contributed by atoms with van der Waals surface area (Å²) in [4.78, 5) is 24.1. The maximum absolute atomic E-state index is 12.1. The molecular formula is C23H27NO3. The summed E-state index contributed by atoms with van der Waals surface area (Å²) in [6.07, 6.45) is 5.06. The van der Waals surface area contributed by atoms with E-state index in [0.717, 1.165) is 18.4 Å². The molecule has 4 nitrogen and oxygen atoms in total. The van der Waals surface area contributed by atoms with Crippen molar-refractivity contribution in [3.63, 3.8) is 0 Å². The van der Waals surface area contributed by atoms with Crippen molar-refractivity contribution in [2.45, 2.75) is 39.5 Å². The Bertz CT molecular complexity index is 792. The second-order valence-corrected chi connectivity index (χ2v) is 6.71. The molecule has 0 radical (unpaired) electrons. The Morgan fingerprint density at radius 3 is 2.52 bits per heavy atom. The minimum atomic E-state index is -0.375. The Morgan fingerprint density at radius 1 is 1.11 bits per heavy atom. The van der Waals surface area contributed by atoms with Gasteiger partial charge in [-0.25, -0.2) is 4.79 Å². The van der Waals surface area contributed by atoms with Crippen LogP contribution in [0.3, 0.4) is 0 Å². The van der Waals surface area contributed by atoms with Gasteiger partial charge >= 0.3 is 5.97 Å². The molecule has 0 aliphatic heterocycles. The summed E-state index contributed by atoms with van der Waals surface area (Å²) in [5.74, 6) is -0.146. The van der Waals surface area contributed by atoms with Gasteiger partial charge in [-0.05, 0) is 47.7 Å². The van der Waals surface area contributed by atoms with Gasteiger partial charge in [-0.15, -0.1) is 0 Å². The molecule has 0 heterocycles. The van der Waals surface area contributed by atoms with Gasteiger partial charge in [-0.1, -0.05) is 57.5 Å². The highest BCUT2D eigenvalue weighted by atomic mass is 16.5. The number of esters is 1. The van der Waals surface area contributed by atoms with Crippen LogP contribution in [0, 0.1) is 0 Å². The number of anilines is 1. The molecule has 0 atom stereocenters. The lowest BCUT2D eigenvalue weighted by atomic mass is 10.0. The quantitative estimate of drug-likeness (QED) is 0.386. The number of nitrogens with one attached hydrogen (secondary N) is 1. The molecule has 4 heteroatoms. The van der Waals surface area contributed by atoms with Gasteiger partial charge in [0.1, 0.15) is 0 Å². The molecule has 142 valence electrons. The van der Waals surface area contributed by atoms with Gasteiger partial charge in [0, 0.05) is 11.8 Å². The highest BCUT2D eigenvalue weighted by Crippen LogP contribution is 2.16. The standard InChI is InChI=1S/C23H27NO3/c1-4-5-15-27-23(26)20-7-6-8-21(16-20)24-22(25)14-11-18-9-12-19(13-10-18)17(2)3/h6-14,16-17H,4-5,15H2,1-3H3,(H,24,25)/b14-11+. The molecule has 0 aromatic heterocycles. The van der Waals surface area contributed by atoms with E-state index in [0.29, 0.717) is 23.8 Å². The molecule has 27 heavy (non-hydrogen) atoms. The topological polar surface area (TPSA) is 55.4 Å². The predicted molar refractivity (Wildman–Crippen MR) is 110 cm³/mol. The van der Waals surface area contributed by atoms with Crippen LogP contribution < -0.4 is 5.32 Å². The van der Waals surface area contributed by atoms with E-state index in [-0.39, 0.29) is 11.9 Å². The van der Waals surface area contributed by atoms with Crippen molar-refractivity contribution < 1.29 is 14.3 Å². The summed E-state index contributed by atoms with van der Waals surface area (Å²) < 4.78 is 5.19. The molecule has 0 fully saturated rings. The van der Waals surface area contributed by atoms with E-state index in [1.165, 1.54) is 11.6 Å². The monoisotopic (exact) mass is 365 g/mol. The molecule has 0 aliphatic carbocycles. The van der Waals surface area contributed by atoms with E-state index >= 15 is 0 Å². The summed E-state index contributed by atoms with van der Waals surface area (Å²) in [6, 6.07) is 14.9.